The third-order valence-corrected chi connectivity index (χ3v) is 6.44. The molecule has 2 aliphatic carbocycles. The van der Waals surface area contributed by atoms with E-state index in [0.717, 1.165) is 22.3 Å². The minimum absolute atomic E-state index is 0.0717. The second kappa shape index (κ2) is 7.72. The van der Waals surface area contributed by atoms with Crippen molar-refractivity contribution in [2.75, 3.05) is 6.61 Å². The molecule has 0 saturated heterocycles. The number of carboxylic acids is 1. The van der Waals surface area contributed by atoms with E-state index in [9.17, 15) is 19.5 Å². The zero-order valence-electron chi connectivity index (χ0n) is 17.6. The van der Waals surface area contributed by atoms with Crippen LogP contribution in [0.25, 0.3) is 11.1 Å². The maximum absolute atomic E-state index is 12.7. The molecule has 3 N–H and O–H groups in total. The summed E-state index contributed by atoms with van der Waals surface area (Å²) in [7, 11) is 0. The first kappa shape index (κ1) is 20.9. The van der Waals surface area contributed by atoms with E-state index in [4.69, 9.17) is 4.74 Å². The lowest BCUT2D eigenvalue weighted by Crippen LogP contribution is -2.58. The first-order valence-corrected chi connectivity index (χ1v) is 10.5. The minimum Gasteiger partial charge on any atom is -0.480 e. The molecule has 2 amide bonds. The van der Waals surface area contributed by atoms with Crippen molar-refractivity contribution in [3.63, 3.8) is 0 Å². The average molecular weight is 422 g/mol. The summed E-state index contributed by atoms with van der Waals surface area (Å²) in [6, 6.07) is 16.1. The number of carboxylic acid groups (broad SMARTS) is 1. The van der Waals surface area contributed by atoms with Gasteiger partial charge in [0.25, 0.3) is 0 Å². The van der Waals surface area contributed by atoms with E-state index < -0.39 is 29.0 Å². The highest BCUT2D eigenvalue weighted by molar-refractivity contribution is 5.96. The van der Waals surface area contributed by atoms with E-state index in [1.54, 1.807) is 6.92 Å². The lowest BCUT2D eigenvalue weighted by Gasteiger charge is -2.27. The number of ether oxygens (including phenoxy) is 1. The van der Waals surface area contributed by atoms with Gasteiger partial charge in [-0.25, -0.2) is 9.59 Å². The molecule has 0 bridgehead atoms. The first-order valence-electron chi connectivity index (χ1n) is 10.5. The Kier molecular flexibility index (Phi) is 5.21. The van der Waals surface area contributed by atoms with Gasteiger partial charge in [0, 0.05) is 5.92 Å². The van der Waals surface area contributed by atoms with Gasteiger partial charge in [0.2, 0.25) is 5.91 Å². The molecular weight excluding hydrogens is 396 g/mol. The van der Waals surface area contributed by atoms with Crippen LogP contribution in [-0.4, -0.2) is 40.8 Å². The second-order valence-corrected chi connectivity index (χ2v) is 8.48. The molecule has 2 aliphatic rings. The topological polar surface area (TPSA) is 105 Å². The molecule has 162 valence electrons. The molecule has 0 aromatic heterocycles. The molecule has 0 heterocycles. The standard InChI is InChI=1S/C24H26N2O5/c1-3-23(2,21(28)29)25-20(27)24(12-13-24)26-22(30)31-14-19-17-10-6-4-8-15(17)16-9-5-7-11-18(16)19/h4-11,19H,3,12-14H2,1-2H3,(H,25,27)(H,26,30)(H,28,29). The Labute approximate surface area is 180 Å². The van der Waals surface area contributed by atoms with Crippen molar-refractivity contribution in [2.24, 2.45) is 0 Å². The van der Waals surface area contributed by atoms with Crippen molar-refractivity contribution in [1.29, 1.82) is 0 Å². The van der Waals surface area contributed by atoms with Crippen LogP contribution in [0.2, 0.25) is 0 Å². The van der Waals surface area contributed by atoms with Gasteiger partial charge in [-0.3, -0.25) is 4.79 Å². The molecule has 7 nitrogen and oxygen atoms in total. The van der Waals surface area contributed by atoms with Crippen LogP contribution in [0.1, 0.15) is 50.2 Å². The Balaban J connectivity index is 1.41. The fraction of sp³-hybridized carbons (Fsp3) is 0.375. The monoisotopic (exact) mass is 422 g/mol. The zero-order chi connectivity index (χ0) is 22.2. The molecule has 1 saturated carbocycles. The molecule has 2 aromatic carbocycles. The zero-order valence-corrected chi connectivity index (χ0v) is 17.6. The number of rotatable bonds is 7. The van der Waals surface area contributed by atoms with E-state index in [1.807, 2.05) is 36.4 Å². The Morgan fingerprint density at radius 3 is 2.10 bits per heavy atom. The summed E-state index contributed by atoms with van der Waals surface area (Å²) in [6.07, 6.45) is 0.447. The molecular formula is C24H26N2O5. The van der Waals surface area contributed by atoms with Crippen LogP contribution < -0.4 is 10.6 Å². The summed E-state index contributed by atoms with van der Waals surface area (Å²) in [6.45, 7) is 3.29. The summed E-state index contributed by atoms with van der Waals surface area (Å²) in [5.41, 5.74) is 2.01. The van der Waals surface area contributed by atoms with Crippen molar-refractivity contribution in [3.05, 3.63) is 59.7 Å². The van der Waals surface area contributed by atoms with Gasteiger partial charge < -0.3 is 20.5 Å². The summed E-state index contributed by atoms with van der Waals surface area (Å²) in [4.78, 5) is 36.7. The maximum atomic E-state index is 12.7. The predicted octanol–water partition coefficient (Wildman–Crippen LogP) is 3.43. The Morgan fingerprint density at radius 2 is 1.61 bits per heavy atom. The first-order chi connectivity index (χ1) is 14.8. The van der Waals surface area contributed by atoms with Crippen molar-refractivity contribution >= 4 is 18.0 Å². The van der Waals surface area contributed by atoms with Crippen LogP contribution in [0.4, 0.5) is 4.79 Å². The number of nitrogens with one attached hydrogen (secondary N) is 2. The number of alkyl carbamates (subject to hydrolysis) is 1. The van der Waals surface area contributed by atoms with E-state index >= 15 is 0 Å². The number of amides is 2. The normalized spacial score (nSPS) is 17.6. The van der Waals surface area contributed by atoms with Crippen LogP contribution in [0.3, 0.4) is 0 Å². The highest BCUT2D eigenvalue weighted by Gasteiger charge is 2.53. The molecule has 1 fully saturated rings. The molecule has 0 spiro atoms. The van der Waals surface area contributed by atoms with Crippen LogP contribution in [0, 0.1) is 0 Å². The largest absolute Gasteiger partial charge is 0.480 e. The van der Waals surface area contributed by atoms with E-state index in [1.165, 1.54) is 6.92 Å². The van der Waals surface area contributed by atoms with Gasteiger partial charge >= 0.3 is 12.1 Å². The lowest BCUT2D eigenvalue weighted by atomic mass is 9.98. The van der Waals surface area contributed by atoms with E-state index in [-0.39, 0.29) is 18.9 Å². The highest BCUT2D eigenvalue weighted by Crippen LogP contribution is 2.44. The minimum atomic E-state index is -1.38. The number of aliphatic carboxylic acids is 1. The maximum Gasteiger partial charge on any atom is 0.408 e. The summed E-state index contributed by atoms with van der Waals surface area (Å²) < 4.78 is 5.52. The summed E-state index contributed by atoms with van der Waals surface area (Å²) >= 11 is 0. The van der Waals surface area contributed by atoms with Gasteiger partial charge in [0.1, 0.15) is 17.7 Å². The van der Waals surface area contributed by atoms with E-state index in [0.29, 0.717) is 12.8 Å². The fourth-order valence-corrected chi connectivity index (χ4v) is 4.03. The average Bonchev–Trinajstić information content (AvgIpc) is 3.48. The molecule has 2 aromatic rings. The van der Waals surface area contributed by atoms with Crippen molar-refractivity contribution in [1.82, 2.24) is 10.6 Å². The number of carbonyl (C=O) groups is 3. The number of fused-ring (bicyclic) bond motifs is 3. The Hall–Kier alpha value is -3.35. The van der Waals surface area contributed by atoms with Gasteiger partial charge in [-0.1, -0.05) is 55.5 Å². The van der Waals surface area contributed by atoms with Gasteiger partial charge in [0.15, 0.2) is 0 Å². The Morgan fingerprint density at radius 1 is 1.06 bits per heavy atom. The molecule has 0 radical (unpaired) electrons. The second-order valence-electron chi connectivity index (χ2n) is 8.48. The SMILES string of the molecule is CCC(C)(NC(=O)C1(NC(=O)OCC2c3ccccc3-c3ccccc32)CC1)C(=O)O. The number of carbonyl (C=O) groups excluding carboxylic acids is 2. The molecule has 7 heteroatoms. The van der Waals surface area contributed by atoms with Crippen LogP contribution in [0.5, 0.6) is 0 Å². The molecule has 1 atom stereocenters. The van der Waals surface area contributed by atoms with Gasteiger partial charge in [-0.05, 0) is 48.4 Å². The highest BCUT2D eigenvalue weighted by atomic mass is 16.5. The van der Waals surface area contributed by atoms with Crippen molar-refractivity contribution in [3.8, 4) is 11.1 Å². The van der Waals surface area contributed by atoms with Crippen molar-refractivity contribution in [2.45, 2.75) is 50.1 Å². The number of hydrogen-bond acceptors (Lipinski definition) is 4. The molecule has 0 aliphatic heterocycles. The molecule has 31 heavy (non-hydrogen) atoms. The Bertz CT molecular complexity index is 1000. The van der Waals surface area contributed by atoms with E-state index in [2.05, 4.69) is 22.8 Å². The molecule has 1 unspecified atom stereocenters. The number of hydrogen-bond donors (Lipinski definition) is 3. The summed E-state index contributed by atoms with van der Waals surface area (Å²) in [5.74, 6) is -1.68. The van der Waals surface area contributed by atoms with Crippen molar-refractivity contribution < 1.29 is 24.2 Å². The fourth-order valence-electron chi connectivity index (χ4n) is 4.03. The van der Waals surface area contributed by atoms with Crippen LogP contribution in [0.15, 0.2) is 48.5 Å². The van der Waals surface area contributed by atoms with Gasteiger partial charge in [0.05, 0.1) is 0 Å². The van der Waals surface area contributed by atoms with Gasteiger partial charge in [-0.2, -0.15) is 0 Å². The third kappa shape index (κ3) is 3.76. The van der Waals surface area contributed by atoms with Crippen LogP contribution >= 0.6 is 0 Å². The number of benzene rings is 2. The quantitative estimate of drug-likeness (QED) is 0.634. The third-order valence-electron chi connectivity index (χ3n) is 6.44. The predicted molar refractivity (Wildman–Crippen MR) is 115 cm³/mol. The summed E-state index contributed by atoms with van der Waals surface area (Å²) in [5, 5.41) is 14.6. The van der Waals surface area contributed by atoms with Crippen LogP contribution in [-0.2, 0) is 14.3 Å². The molecule has 4 rings (SSSR count). The van der Waals surface area contributed by atoms with Gasteiger partial charge in [-0.15, -0.1) is 0 Å². The lowest BCUT2D eigenvalue weighted by molar-refractivity contribution is -0.147. The smallest absolute Gasteiger partial charge is 0.408 e.